The molecule has 0 aliphatic rings. The van der Waals surface area contributed by atoms with Crippen molar-refractivity contribution in [2.45, 2.75) is 18.8 Å². The van der Waals surface area contributed by atoms with E-state index in [1.54, 1.807) is 0 Å². The third-order valence-corrected chi connectivity index (χ3v) is 1.05. The molecule has 0 aromatic carbocycles. The summed E-state index contributed by atoms with van der Waals surface area (Å²) >= 11 is 0. The van der Waals surface area contributed by atoms with Crippen molar-refractivity contribution < 1.29 is 17.4 Å². The molecule has 0 saturated heterocycles. The molecule has 0 bridgehead atoms. The Balaban J connectivity index is 4.06. The van der Waals surface area contributed by atoms with E-state index >= 15 is 0 Å². The molecule has 12 heavy (non-hydrogen) atoms. The molecule has 0 radical (unpaired) electrons. The molecule has 6 nitrogen and oxygen atoms in total. The number of urea groups is 1. The molecule has 0 fully saturated rings. The molecular weight excluding hydrogens is 162 g/mol. The zero-order chi connectivity index (χ0) is 11.4. The van der Waals surface area contributed by atoms with Crippen molar-refractivity contribution >= 4 is 12.0 Å². The first kappa shape index (κ1) is 7.35. The Morgan fingerprint density at radius 2 is 2.25 bits per heavy atom. The van der Waals surface area contributed by atoms with Crippen LogP contribution in [-0.4, -0.2) is 29.7 Å². The van der Waals surface area contributed by atoms with Crippen molar-refractivity contribution in [1.82, 2.24) is 5.32 Å². The van der Waals surface area contributed by atoms with Crippen molar-refractivity contribution in [3.8, 4) is 0 Å². The summed E-state index contributed by atoms with van der Waals surface area (Å²) < 4.78 is 14.6. The van der Waals surface area contributed by atoms with Gasteiger partial charge in [0.25, 0.3) is 0 Å². The molecule has 0 rings (SSSR count). The van der Waals surface area contributed by atoms with Gasteiger partial charge in [0.1, 0.15) is 6.04 Å². The first-order chi connectivity index (χ1) is 6.27. The minimum atomic E-state index is -2.08. The monoisotopic (exact) mass is 177 g/mol. The van der Waals surface area contributed by atoms with Gasteiger partial charge in [0.2, 0.25) is 0 Å². The first-order valence-corrected chi connectivity index (χ1v) is 3.29. The van der Waals surface area contributed by atoms with Crippen LogP contribution < -0.4 is 16.8 Å². The topological polar surface area (TPSA) is 118 Å². The minimum absolute atomic E-state index is 0.0523. The molecular formula is C6H13N3O3. The normalized spacial score (nSPS) is 15.8. The van der Waals surface area contributed by atoms with Gasteiger partial charge >= 0.3 is 12.0 Å². The molecule has 2 amide bonds. The number of rotatable bonds is 5. The first-order valence-electron chi connectivity index (χ1n) is 4.29. The van der Waals surface area contributed by atoms with Crippen LogP contribution in [0.5, 0.6) is 0 Å². The Labute approximate surface area is 72.7 Å². The Morgan fingerprint density at radius 1 is 1.67 bits per heavy atom. The predicted octanol–water partition coefficient (Wildman–Crippen LogP) is -1.15. The van der Waals surface area contributed by atoms with Gasteiger partial charge < -0.3 is 21.9 Å². The van der Waals surface area contributed by atoms with Crippen LogP contribution >= 0.6 is 0 Å². The second kappa shape index (κ2) is 5.36. The zero-order valence-corrected chi connectivity index (χ0v) is 6.41. The van der Waals surface area contributed by atoms with Gasteiger partial charge in [0.15, 0.2) is 0 Å². The molecule has 0 saturated carbocycles. The Bertz CT molecular complexity index is 234. The molecule has 0 aromatic heterocycles. The molecule has 1 unspecified atom stereocenters. The number of carbonyl (C=O) groups excluding carboxylic acids is 1. The summed E-state index contributed by atoms with van der Waals surface area (Å²) in [6, 6.07) is -2.40. The number of aliphatic carboxylic acids is 1. The van der Waals surface area contributed by atoms with E-state index in [4.69, 9.17) is 19.3 Å². The highest BCUT2D eigenvalue weighted by Crippen LogP contribution is 1.92. The number of nitrogens with one attached hydrogen (secondary N) is 1. The van der Waals surface area contributed by atoms with Crippen molar-refractivity contribution in [3.63, 3.8) is 0 Å². The molecule has 0 heterocycles. The predicted molar refractivity (Wildman–Crippen MR) is 42.4 cm³/mol. The van der Waals surface area contributed by atoms with E-state index in [1.165, 1.54) is 0 Å². The zero-order valence-electron chi connectivity index (χ0n) is 8.41. The summed E-state index contributed by atoms with van der Waals surface area (Å²) in [5.74, 6) is -1.42. The third-order valence-electron chi connectivity index (χ3n) is 1.05. The smallest absolute Gasteiger partial charge is 0.320 e. The summed E-state index contributed by atoms with van der Waals surface area (Å²) in [6.07, 6.45) is -2.28. The SMILES string of the molecule is [2H]C([2H])(CCNC(N)=O)C(N)C(=O)O. The van der Waals surface area contributed by atoms with E-state index < -0.39 is 24.4 Å². The average molecular weight is 177 g/mol. The van der Waals surface area contributed by atoms with Crippen molar-refractivity contribution in [3.05, 3.63) is 0 Å². The van der Waals surface area contributed by atoms with Gasteiger partial charge in [-0.15, -0.1) is 0 Å². The highest BCUT2D eigenvalue weighted by Gasteiger charge is 2.09. The average Bonchev–Trinajstić information content (AvgIpc) is 2.01. The summed E-state index contributed by atoms with van der Waals surface area (Å²) in [4.78, 5) is 20.6. The number of hydrogen-bond donors (Lipinski definition) is 4. The largest absolute Gasteiger partial charge is 0.480 e. The van der Waals surface area contributed by atoms with Gasteiger partial charge in [-0.1, -0.05) is 0 Å². The van der Waals surface area contributed by atoms with Gasteiger partial charge in [-0.3, -0.25) is 4.79 Å². The lowest BCUT2D eigenvalue weighted by Crippen LogP contribution is -2.33. The number of primary amides is 1. The fraction of sp³-hybridized carbons (Fsp3) is 0.667. The van der Waals surface area contributed by atoms with Gasteiger partial charge in [0, 0.05) is 9.29 Å². The maximum Gasteiger partial charge on any atom is 0.320 e. The Morgan fingerprint density at radius 3 is 2.67 bits per heavy atom. The molecule has 6 N–H and O–H groups in total. The third kappa shape index (κ3) is 5.48. The van der Waals surface area contributed by atoms with Crippen LogP contribution in [0.25, 0.3) is 0 Å². The van der Waals surface area contributed by atoms with Crippen LogP contribution in [0, 0.1) is 0 Å². The fourth-order valence-corrected chi connectivity index (χ4v) is 0.501. The molecule has 6 heteroatoms. The lowest BCUT2D eigenvalue weighted by molar-refractivity contribution is -0.138. The van der Waals surface area contributed by atoms with Crippen LogP contribution in [-0.2, 0) is 4.79 Å². The molecule has 0 aromatic rings. The maximum absolute atomic E-state index is 10.4. The summed E-state index contributed by atoms with van der Waals surface area (Å²) in [7, 11) is 0. The van der Waals surface area contributed by atoms with Gasteiger partial charge in [0.05, 0.1) is 0 Å². The number of carboxylic acid groups (broad SMARTS) is 1. The van der Waals surface area contributed by atoms with E-state index in [1.807, 2.05) is 0 Å². The van der Waals surface area contributed by atoms with E-state index in [2.05, 4.69) is 5.32 Å². The second-order valence-corrected chi connectivity index (χ2v) is 2.06. The molecule has 1 atom stereocenters. The van der Waals surface area contributed by atoms with Crippen LogP contribution in [0.2, 0.25) is 0 Å². The number of nitrogens with two attached hydrogens (primary N) is 2. The van der Waals surface area contributed by atoms with E-state index in [-0.39, 0.29) is 13.0 Å². The minimum Gasteiger partial charge on any atom is -0.480 e. The highest BCUT2D eigenvalue weighted by molar-refractivity contribution is 5.73. The van der Waals surface area contributed by atoms with Crippen molar-refractivity contribution in [2.75, 3.05) is 6.54 Å². The van der Waals surface area contributed by atoms with Gasteiger partial charge in [-0.2, -0.15) is 0 Å². The van der Waals surface area contributed by atoms with Gasteiger partial charge in [-0.05, 0) is 12.8 Å². The molecule has 0 aliphatic heterocycles. The van der Waals surface area contributed by atoms with E-state index in [0.717, 1.165) is 0 Å². The lowest BCUT2D eigenvalue weighted by atomic mass is 10.2. The quantitative estimate of drug-likeness (QED) is 0.423. The van der Waals surface area contributed by atoms with Crippen LogP contribution in [0.15, 0.2) is 0 Å². The Kier molecular flexibility index (Phi) is 3.29. The summed E-state index contributed by atoms with van der Waals surface area (Å²) in [5.41, 5.74) is 9.83. The number of carbonyl (C=O) groups is 2. The molecule has 70 valence electrons. The van der Waals surface area contributed by atoms with Crippen LogP contribution in [0.4, 0.5) is 4.79 Å². The van der Waals surface area contributed by atoms with Crippen molar-refractivity contribution in [1.29, 1.82) is 0 Å². The lowest BCUT2D eigenvalue weighted by Gasteiger charge is -2.05. The second-order valence-electron chi connectivity index (χ2n) is 2.06. The van der Waals surface area contributed by atoms with Gasteiger partial charge in [-0.25, -0.2) is 4.79 Å². The molecule has 0 aliphatic carbocycles. The summed E-state index contributed by atoms with van der Waals surface area (Å²) in [5, 5.41) is 10.6. The summed E-state index contributed by atoms with van der Waals surface area (Å²) in [6.45, 7) is -0.0523. The number of carboxylic acids is 1. The van der Waals surface area contributed by atoms with Crippen LogP contribution in [0.1, 0.15) is 15.5 Å². The standard InChI is InChI=1S/C6H13N3O3/c7-4(5(10)11)2-1-3-9-6(8)12/h4H,1-3,7H2,(H,10,11)(H3,8,9,12)/i2D2. The van der Waals surface area contributed by atoms with E-state index in [0.29, 0.717) is 0 Å². The Hall–Kier alpha value is -1.30. The van der Waals surface area contributed by atoms with Crippen molar-refractivity contribution in [2.24, 2.45) is 11.5 Å². The van der Waals surface area contributed by atoms with Crippen LogP contribution in [0.3, 0.4) is 0 Å². The fourth-order valence-electron chi connectivity index (χ4n) is 0.501. The maximum atomic E-state index is 10.4. The highest BCUT2D eigenvalue weighted by atomic mass is 16.4. The number of amides is 2. The number of hydrogen-bond acceptors (Lipinski definition) is 3. The molecule has 0 spiro atoms. The van der Waals surface area contributed by atoms with E-state index in [9.17, 15) is 9.59 Å².